The molecule has 0 aromatic heterocycles. The van der Waals surface area contributed by atoms with E-state index in [0.29, 0.717) is 11.3 Å². The van der Waals surface area contributed by atoms with Crippen molar-refractivity contribution >= 4 is 5.71 Å². The van der Waals surface area contributed by atoms with Crippen LogP contribution in [0.25, 0.3) is 0 Å². The van der Waals surface area contributed by atoms with E-state index in [9.17, 15) is 17.6 Å². The Labute approximate surface area is 89.8 Å². The van der Waals surface area contributed by atoms with E-state index in [4.69, 9.17) is 0 Å². The molecule has 0 aliphatic carbocycles. The number of alkyl halides is 3. The maximum Gasteiger partial charge on any atom is 0.410 e. The van der Waals surface area contributed by atoms with E-state index in [-0.39, 0.29) is 12.8 Å². The maximum absolute atomic E-state index is 12.9. The van der Waals surface area contributed by atoms with Crippen molar-refractivity contribution in [2.24, 2.45) is 4.99 Å². The summed E-state index contributed by atoms with van der Waals surface area (Å²) < 4.78 is 49.9. The van der Waals surface area contributed by atoms with Gasteiger partial charge < -0.3 is 0 Å². The largest absolute Gasteiger partial charge is 0.410 e. The fourth-order valence-electron chi connectivity index (χ4n) is 1.71. The third-order valence-corrected chi connectivity index (χ3v) is 2.50. The van der Waals surface area contributed by atoms with Gasteiger partial charge in [-0.2, -0.15) is 13.2 Å². The smallest absolute Gasteiger partial charge is 0.276 e. The second-order valence-electron chi connectivity index (χ2n) is 3.68. The van der Waals surface area contributed by atoms with Crippen LogP contribution in [0.2, 0.25) is 0 Å². The second-order valence-corrected chi connectivity index (χ2v) is 3.68. The maximum atomic E-state index is 12.9. The van der Waals surface area contributed by atoms with E-state index in [1.807, 2.05) is 0 Å². The molecule has 1 aliphatic rings. The SMILES string of the molecule is Fc1cccc(C2=N[C@@H](C(F)(F)F)CC2)c1. The van der Waals surface area contributed by atoms with Crippen molar-refractivity contribution in [3.63, 3.8) is 0 Å². The van der Waals surface area contributed by atoms with Crippen LogP contribution in [-0.4, -0.2) is 17.9 Å². The summed E-state index contributed by atoms with van der Waals surface area (Å²) in [6.45, 7) is 0. The molecule has 1 atom stereocenters. The first-order valence-corrected chi connectivity index (χ1v) is 4.86. The molecule has 86 valence electrons. The van der Waals surface area contributed by atoms with E-state index in [1.54, 1.807) is 6.07 Å². The highest BCUT2D eigenvalue weighted by atomic mass is 19.4. The fraction of sp³-hybridized carbons (Fsp3) is 0.364. The summed E-state index contributed by atoms with van der Waals surface area (Å²) in [7, 11) is 0. The number of nitrogens with zero attached hydrogens (tertiary/aromatic N) is 1. The number of hydrogen-bond donors (Lipinski definition) is 0. The van der Waals surface area contributed by atoms with Crippen molar-refractivity contribution in [2.75, 3.05) is 0 Å². The van der Waals surface area contributed by atoms with Gasteiger partial charge in [0.2, 0.25) is 0 Å². The summed E-state index contributed by atoms with van der Waals surface area (Å²) in [6.07, 6.45) is -4.10. The molecule has 0 unspecified atom stereocenters. The normalized spacial score (nSPS) is 21.0. The number of benzene rings is 1. The predicted octanol–water partition coefficient (Wildman–Crippen LogP) is 3.34. The molecule has 1 nitrogen and oxygen atoms in total. The van der Waals surface area contributed by atoms with Crippen LogP contribution in [0, 0.1) is 5.82 Å². The standard InChI is InChI=1S/C11H9F4N/c12-8-3-1-2-7(6-8)9-4-5-10(16-9)11(13,14)15/h1-3,6,10H,4-5H2/t10-/m1/s1. The summed E-state index contributed by atoms with van der Waals surface area (Å²) in [5, 5.41) is 0. The molecule has 0 saturated carbocycles. The lowest BCUT2D eigenvalue weighted by Crippen LogP contribution is -2.24. The van der Waals surface area contributed by atoms with Gasteiger partial charge in [0.15, 0.2) is 0 Å². The Bertz CT molecular complexity index is 422. The number of aliphatic imine (C=N–C) groups is 1. The van der Waals surface area contributed by atoms with Crippen LogP contribution < -0.4 is 0 Å². The molecule has 0 saturated heterocycles. The van der Waals surface area contributed by atoms with Crippen LogP contribution in [0.5, 0.6) is 0 Å². The van der Waals surface area contributed by atoms with Crippen molar-refractivity contribution in [1.29, 1.82) is 0 Å². The van der Waals surface area contributed by atoms with Crippen molar-refractivity contribution in [1.82, 2.24) is 0 Å². The molecule has 2 rings (SSSR count). The minimum atomic E-state index is -4.30. The molecule has 5 heteroatoms. The van der Waals surface area contributed by atoms with Gasteiger partial charge in [-0.1, -0.05) is 12.1 Å². The van der Waals surface area contributed by atoms with E-state index in [2.05, 4.69) is 4.99 Å². The Balaban J connectivity index is 2.25. The highest BCUT2D eigenvalue weighted by Crippen LogP contribution is 2.31. The van der Waals surface area contributed by atoms with Gasteiger partial charge >= 0.3 is 6.18 Å². The van der Waals surface area contributed by atoms with E-state index in [0.717, 1.165) is 0 Å². The van der Waals surface area contributed by atoms with Crippen molar-refractivity contribution < 1.29 is 17.6 Å². The van der Waals surface area contributed by atoms with Gasteiger partial charge in [0.1, 0.15) is 11.9 Å². The van der Waals surface area contributed by atoms with Gasteiger partial charge in [-0.15, -0.1) is 0 Å². The first-order chi connectivity index (χ1) is 7.47. The molecular formula is C11H9F4N. The topological polar surface area (TPSA) is 12.4 Å². The zero-order valence-corrected chi connectivity index (χ0v) is 8.26. The Hall–Kier alpha value is -1.39. The van der Waals surface area contributed by atoms with E-state index < -0.39 is 18.0 Å². The summed E-state index contributed by atoms with van der Waals surface area (Å²) in [6, 6.07) is 3.86. The number of halogens is 4. The lowest BCUT2D eigenvalue weighted by molar-refractivity contribution is -0.146. The van der Waals surface area contributed by atoms with Crippen LogP contribution >= 0.6 is 0 Å². The van der Waals surface area contributed by atoms with Crippen molar-refractivity contribution in [3.8, 4) is 0 Å². The number of rotatable bonds is 1. The quantitative estimate of drug-likeness (QED) is 0.657. The van der Waals surface area contributed by atoms with Gasteiger partial charge in [-0.25, -0.2) is 4.39 Å². The summed E-state index contributed by atoms with van der Waals surface area (Å²) in [5.41, 5.74) is 0.772. The average molecular weight is 231 g/mol. The zero-order chi connectivity index (χ0) is 11.8. The molecule has 0 amide bonds. The molecule has 1 aromatic carbocycles. The molecule has 1 aliphatic heterocycles. The molecule has 16 heavy (non-hydrogen) atoms. The fourth-order valence-corrected chi connectivity index (χ4v) is 1.71. The third-order valence-electron chi connectivity index (χ3n) is 2.50. The average Bonchev–Trinajstić information content (AvgIpc) is 2.65. The first-order valence-electron chi connectivity index (χ1n) is 4.86. The molecule has 0 bridgehead atoms. The van der Waals surface area contributed by atoms with E-state index in [1.165, 1.54) is 18.2 Å². The van der Waals surface area contributed by atoms with E-state index >= 15 is 0 Å². The highest BCUT2D eigenvalue weighted by Gasteiger charge is 2.42. The van der Waals surface area contributed by atoms with Crippen LogP contribution in [0.3, 0.4) is 0 Å². The van der Waals surface area contributed by atoms with Crippen molar-refractivity contribution in [3.05, 3.63) is 35.6 Å². The second kappa shape index (κ2) is 3.88. The lowest BCUT2D eigenvalue weighted by Gasteiger charge is -2.10. The molecule has 0 spiro atoms. The summed E-state index contributed by atoms with van der Waals surface area (Å²) in [4.78, 5) is 3.60. The highest BCUT2D eigenvalue weighted by molar-refractivity contribution is 6.01. The molecule has 0 radical (unpaired) electrons. The zero-order valence-electron chi connectivity index (χ0n) is 8.26. The predicted molar refractivity (Wildman–Crippen MR) is 52.0 cm³/mol. The Kier molecular flexibility index (Phi) is 2.69. The van der Waals surface area contributed by atoms with Crippen LogP contribution in [0.15, 0.2) is 29.3 Å². The third kappa shape index (κ3) is 2.23. The lowest BCUT2D eigenvalue weighted by atomic mass is 10.1. The van der Waals surface area contributed by atoms with Gasteiger partial charge in [-0.3, -0.25) is 4.99 Å². The van der Waals surface area contributed by atoms with Gasteiger partial charge in [0.25, 0.3) is 0 Å². The summed E-state index contributed by atoms with van der Waals surface area (Å²) >= 11 is 0. The Morgan fingerprint density at radius 3 is 2.56 bits per heavy atom. The summed E-state index contributed by atoms with van der Waals surface area (Å²) in [5.74, 6) is -0.462. The van der Waals surface area contributed by atoms with Gasteiger partial charge in [-0.05, 0) is 30.5 Å². The monoisotopic (exact) mass is 231 g/mol. The minimum Gasteiger partial charge on any atom is -0.276 e. The van der Waals surface area contributed by atoms with Crippen LogP contribution in [0.4, 0.5) is 17.6 Å². The van der Waals surface area contributed by atoms with Gasteiger partial charge in [0.05, 0.1) is 0 Å². The Morgan fingerprint density at radius 2 is 2.00 bits per heavy atom. The Morgan fingerprint density at radius 1 is 1.25 bits per heavy atom. The minimum absolute atomic E-state index is 0.0463. The van der Waals surface area contributed by atoms with Crippen LogP contribution in [-0.2, 0) is 0 Å². The molecule has 0 fully saturated rings. The molecule has 1 aromatic rings. The van der Waals surface area contributed by atoms with Crippen molar-refractivity contribution in [2.45, 2.75) is 25.1 Å². The first kappa shape index (κ1) is 11.1. The molecular weight excluding hydrogens is 222 g/mol. The van der Waals surface area contributed by atoms with Gasteiger partial charge in [0, 0.05) is 5.71 Å². The van der Waals surface area contributed by atoms with Crippen LogP contribution in [0.1, 0.15) is 18.4 Å². The molecule has 0 N–H and O–H groups in total. The number of hydrogen-bond acceptors (Lipinski definition) is 1. The molecule has 1 heterocycles.